The average Bonchev–Trinajstić information content (AvgIpc) is 1.86. The van der Waals surface area contributed by atoms with Crippen molar-refractivity contribution in [3.05, 3.63) is 18.5 Å². The van der Waals surface area contributed by atoms with Crippen LogP contribution in [0.15, 0.2) is 23.4 Å². The minimum atomic E-state index is -3.32. The lowest BCUT2D eigenvalue weighted by Crippen LogP contribution is -1.97. The van der Waals surface area contributed by atoms with Crippen molar-refractivity contribution in [2.75, 3.05) is 6.26 Å². The van der Waals surface area contributed by atoms with Gasteiger partial charge in [-0.3, -0.25) is 4.98 Å². The zero-order chi connectivity index (χ0) is 8.48. The predicted octanol–water partition coefficient (Wildman–Crippen LogP) is 0.191. The Morgan fingerprint density at radius 1 is 1.55 bits per heavy atom. The van der Waals surface area contributed by atoms with Crippen molar-refractivity contribution in [2.45, 2.75) is 4.90 Å². The Labute approximate surface area is 64.4 Å². The van der Waals surface area contributed by atoms with Crippen molar-refractivity contribution >= 4 is 9.84 Å². The molecule has 0 saturated heterocycles. The van der Waals surface area contributed by atoms with Gasteiger partial charge in [0.05, 0.1) is 6.20 Å². The first-order valence-corrected chi connectivity index (χ1v) is 4.74. The number of pyridine rings is 1. The molecule has 0 atom stereocenters. The van der Waals surface area contributed by atoms with E-state index >= 15 is 0 Å². The molecule has 11 heavy (non-hydrogen) atoms. The molecule has 0 amide bonds. The normalized spacial score (nSPS) is 11.4. The first kappa shape index (κ1) is 8.00. The monoisotopic (exact) mass is 173 g/mol. The van der Waals surface area contributed by atoms with E-state index in [-0.39, 0.29) is 10.6 Å². The van der Waals surface area contributed by atoms with Gasteiger partial charge in [0, 0.05) is 12.5 Å². The third-order valence-corrected chi connectivity index (χ3v) is 2.30. The van der Waals surface area contributed by atoms with Gasteiger partial charge in [0.2, 0.25) is 0 Å². The fourth-order valence-corrected chi connectivity index (χ4v) is 1.43. The predicted molar refractivity (Wildman–Crippen MR) is 39.0 cm³/mol. The van der Waals surface area contributed by atoms with Gasteiger partial charge in [-0.25, -0.2) is 8.42 Å². The van der Waals surface area contributed by atoms with E-state index in [1.165, 1.54) is 12.3 Å². The quantitative estimate of drug-likeness (QED) is 0.658. The highest BCUT2D eigenvalue weighted by molar-refractivity contribution is 7.90. The van der Waals surface area contributed by atoms with Crippen LogP contribution in [0.4, 0.5) is 0 Å². The van der Waals surface area contributed by atoms with Crippen molar-refractivity contribution in [3.63, 3.8) is 0 Å². The number of nitrogens with zero attached hydrogens (tertiary/aromatic N) is 1. The topological polar surface area (TPSA) is 67.3 Å². The molecule has 1 rings (SSSR count). The van der Waals surface area contributed by atoms with Crippen LogP contribution in [0.2, 0.25) is 0 Å². The standard InChI is InChI=1S/C6H7NO3S/c1-11(9,10)6-2-3-7-4-5(6)8/h2-4,8H,1H3. The molecule has 0 bridgehead atoms. The van der Waals surface area contributed by atoms with Crippen LogP contribution >= 0.6 is 0 Å². The maximum absolute atomic E-state index is 10.9. The summed E-state index contributed by atoms with van der Waals surface area (Å²) in [6, 6.07) is 1.25. The molecule has 5 heteroatoms. The van der Waals surface area contributed by atoms with Crippen molar-refractivity contribution < 1.29 is 13.5 Å². The van der Waals surface area contributed by atoms with Crippen LogP contribution in [0.1, 0.15) is 0 Å². The highest BCUT2D eigenvalue weighted by Gasteiger charge is 2.11. The second kappa shape index (κ2) is 2.50. The first-order valence-electron chi connectivity index (χ1n) is 2.85. The van der Waals surface area contributed by atoms with Crippen LogP contribution < -0.4 is 0 Å². The van der Waals surface area contributed by atoms with Crippen molar-refractivity contribution in [3.8, 4) is 5.75 Å². The van der Waals surface area contributed by atoms with Crippen LogP contribution in [0.25, 0.3) is 0 Å². The zero-order valence-corrected chi connectivity index (χ0v) is 6.67. The van der Waals surface area contributed by atoms with Crippen LogP contribution in [-0.4, -0.2) is 24.8 Å². The summed E-state index contributed by atoms with van der Waals surface area (Å²) in [5, 5.41) is 9.00. The smallest absolute Gasteiger partial charge is 0.179 e. The lowest BCUT2D eigenvalue weighted by molar-refractivity contribution is 0.456. The molecule has 0 aromatic carbocycles. The highest BCUT2D eigenvalue weighted by atomic mass is 32.2. The van der Waals surface area contributed by atoms with Gasteiger partial charge in [0.1, 0.15) is 4.90 Å². The number of hydrogen-bond acceptors (Lipinski definition) is 4. The number of aromatic nitrogens is 1. The van der Waals surface area contributed by atoms with Gasteiger partial charge in [-0.1, -0.05) is 0 Å². The van der Waals surface area contributed by atoms with Crippen molar-refractivity contribution in [1.82, 2.24) is 4.98 Å². The van der Waals surface area contributed by atoms with Crippen molar-refractivity contribution in [1.29, 1.82) is 0 Å². The van der Waals surface area contributed by atoms with E-state index in [9.17, 15) is 8.42 Å². The molecule has 1 aromatic rings. The van der Waals surface area contributed by atoms with E-state index in [1.807, 2.05) is 0 Å². The molecule has 0 spiro atoms. The van der Waals surface area contributed by atoms with E-state index in [1.54, 1.807) is 0 Å². The molecule has 60 valence electrons. The van der Waals surface area contributed by atoms with Crippen LogP contribution in [-0.2, 0) is 9.84 Å². The minimum Gasteiger partial charge on any atom is -0.505 e. The second-order valence-electron chi connectivity index (χ2n) is 2.12. The molecule has 0 aliphatic carbocycles. The van der Waals surface area contributed by atoms with Gasteiger partial charge in [-0.2, -0.15) is 0 Å². The molecule has 0 unspecified atom stereocenters. The molecular weight excluding hydrogens is 166 g/mol. The fraction of sp³-hybridized carbons (Fsp3) is 0.167. The SMILES string of the molecule is CS(=O)(=O)c1ccncc1O. The lowest BCUT2D eigenvalue weighted by Gasteiger charge is -1.98. The Morgan fingerprint density at radius 3 is 2.55 bits per heavy atom. The third-order valence-electron chi connectivity index (χ3n) is 1.16. The Bertz CT molecular complexity index is 358. The van der Waals surface area contributed by atoms with Crippen molar-refractivity contribution in [2.24, 2.45) is 0 Å². The largest absolute Gasteiger partial charge is 0.505 e. The number of aromatic hydroxyl groups is 1. The molecule has 1 heterocycles. The maximum atomic E-state index is 10.9. The summed E-state index contributed by atoms with van der Waals surface area (Å²) in [5.41, 5.74) is 0. The zero-order valence-electron chi connectivity index (χ0n) is 5.85. The van der Waals surface area contributed by atoms with Crippen LogP contribution in [0.3, 0.4) is 0 Å². The fourth-order valence-electron chi connectivity index (χ4n) is 0.687. The summed E-state index contributed by atoms with van der Waals surface area (Å²) in [4.78, 5) is 3.45. The molecule has 0 fully saturated rings. The van der Waals surface area contributed by atoms with Gasteiger partial charge in [0.25, 0.3) is 0 Å². The lowest BCUT2D eigenvalue weighted by atomic mass is 10.5. The Kier molecular flexibility index (Phi) is 1.82. The number of rotatable bonds is 1. The van der Waals surface area contributed by atoms with Gasteiger partial charge in [-0.05, 0) is 6.07 Å². The summed E-state index contributed by atoms with van der Waals surface area (Å²) in [5.74, 6) is -0.310. The Morgan fingerprint density at radius 2 is 2.18 bits per heavy atom. The molecule has 1 N–H and O–H groups in total. The molecule has 4 nitrogen and oxygen atoms in total. The van der Waals surface area contributed by atoms with E-state index in [0.29, 0.717) is 0 Å². The number of sulfone groups is 1. The summed E-state index contributed by atoms with van der Waals surface area (Å²) in [6.45, 7) is 0. The summed E-state index contributed by atoms with van der Waals surface area (Å²) in [6.07, 6.45) is 3.44. The third kappa shape index (κ3) is 1.68. The summed E-state index contributed by atoms with van der Waals surface area (Å²) >= 11 is 0. The van der Waals surface area contributed by atoms with E-state index < -0.39 is 9.84 Å². The summed E-state index contributed by atoms with van der Waals surface area (Å²) < 4.78 is 21.7. The van der Waals surface area contributed by atoms with Gasteiger partial charge < -0.3 is 5.11 Å². The van der Waals surface area contributed by atoms with Gasteiger partial charge >= 0.3 is 0 Å². The first-order chi connectivity index (χ1) is 5.02. The summed E-state index contributed by atoms with van der Waals surface area (Å²) in [7, 11) is -3.32. The Balaban J connectivity index is 3.37. The maximum Gasteiger partial charge on any atom is 0.179 e. The molecule has 0 saturated carbocycles. The highest BCUT2D eigenvalue weighted by Crippen LogP contribution is 2.19. The van der Waals surface area contributed by atoms with Gasteiger partial charge in [-0.15, -0.1) is 0 Å². The van der Waals surface area contributed by atoms with E-state index in [2.05, 4.69) is 4.98 Å². The molecule has 1 aromatic heterocycles. The number of hydrogen-bond donors (Lipinski definition) is 1. The minimum absolute atomic E-state index is 0.0903. The van der Waals surface area contributed by atoms with E-state index in [4.69, 9.17) is 5.11 Å². The molecule has 0 radical (unpaired) electrons. The van der Waals surface area contributed by atoms with Gasteiger partial charge in [0.15, 0.2) is 15.6 Å². The van der Waals surface area contributed by atoms with Crippen LogP contribution in [0, 0.1) is 0 Å². The van der Waals surface area contributed by atoms with E-state index in [0.717, 1.165) is 12.5 Å². The average molecular weight is 173 g/mol. The molecule has 0 aliphatic rings. The molecule has 0 aliphatic heterocycles. The Hall–Kier alpha value is -1.10. The van der Waals surface area contributed by atoms with Crippen LogP contribution in [0.5, 0.6) is 5.75 Å². The second-order valence-corrected chi connectivity index (χ2v) is 4.10. The molecular formula is C6H7NO3S.